The molecule has 0 unspecified atom stereocenters. The summed E-state index contributed by atoms with van der Waals surface area (Å²) in [4.78, 5) is 4.54. The molecule has 20 heavy (non-hydrogen) atoms. The standard InChI is InChI=1S/C15H18N4O/c1-10-5-6-12(18-17-10)13-16-14(20-19-13)11-9-15(11)7-3-2-4-8-15/h5-6,11H,2-4,7-9H2,1H3/t11-/m1/s1. The molecule has 2 heterocycles. The zero-order valence-corrected chi connectivity index (χ0v) is 11.7. The van der Waals surface area contributed by atoms with Crippen LogP contribution in [0.15, 0.2) is 16.7 Å². The highest BCUT2D eigenvalue weighted by Crippen LogP contribution is 2.66. The molecule has 4 rings (SSSR count). The number of aryl methyl sites for hydroxylation is 1. The molecule has 2 aliphatic carbocycles. The van der Waals surface area contributed by atoms with Gasteiger partial charge in [0.1, 0.15) is 5.69 Å². The molecule has 5 heteroatoms. The monoisotopic (exact) mass is 270 g/mol. The maximum absolute atomic E-state index is 5.47. The van der Waals surface area contributed by atoms with Crippen molar-refractivity contribution in [3.05, 3.63) is 23.7 Å². The van der Waals surface area contributed by atoms with E-state index in [1.54, 1.807) is 0 Å². The van der Waals surface area contributed by atoms with Crippen molar-refractivity contribution >= 4 is 0 Å². The second-order valence-electron chi connectivity index (χ2n) is 6.20. The van der Waals surface area contributed by atoms with Gasteiger partial charge < -0.3 is 4.52 Å². The van der Waals surface area contributed by atoms with Gasteiger partial charge in [0.15, 0.2) is 0 Å². The lowest BCUT2D eigenvalue weighted by Crippen LogP contribution is -2.09. The fourth-order valence-electron chi connectivity index (χ4n) is 3.50. The normalized spacial score (nSPS) is 23.9. The molecule has 104 valence electrons. The smallest absolute Gasteiger partial charge is 0.230 e. The second-order valence-corrected chi connectivity index (χ2v) is 6.20. The van der Waals surface area contributed by atoms with Crippen LogP contribution < -0.4 is 0 Å². The molecule has 2 aromatic rings. The highest BCUT2D eigenvalue weighted by atomic mass is 16.5. The third-order valence-corrected chi connectivity index (χ3v) is 4.81. The van der Waals surface area contributed by atoms with Crippen LogP contribution in [0.4, 0.5) is 0 Å². The average molecular weight is 270 g/mol. The Kier molecular flexibility index (Phi) is 2.62. The van der Waals surface area contributed by atoms with Crippen molar-refractivity contribution in [2.75, 3.05) is 0 Å². The van der Waals surface area contributed by atoms with E-state index in [0.29, 0.717) is 22.9 Å². The van der Waals surface area contributed by atoms with Crippen molar-refractivity contribution in [2.24, 2.45) is 5.41 Å². The highest BCUT2D eigenvalue weighted by molar-refractivity contribution is 5.47. The lowest BCUT2D eigenvalue weighted by molar-refractivity contribution is 0.300. The molecule has 2 saturated carbocycles. The predicted molar refractivity (Wildman–Crippen MR) is 72.9 cm³/mol. The van der Waals surface area contributed by atoms with Gasteiger partial charge >= 0.3 is 0 Å². The molecule has 0 amide bonds. The average Bonchev–Trinajstić information content (AvgIpc) is 2.96. The first-order valence-corrected chi connectivity index (χ1v) is 7.41. The van der Waals surface area contributed by atoms with Crippen molar-refractivity contribution in [1.29, 1.82) is 0 Å². The second kappa shape index (κ2) is 4.36. The van der Waals surface area contributed by atoms with Gasteiger partial charge in [-0.25, -0.2) is 0 Å². The molecule has 0 radical (unpaired) electrons. The Bertz CT molecular complexity index is 613. The minimum absolute atomic E-state index is 0.473. The summed E-state index contributed by atoms with van der Waals surface area (Å²) in [5.74, 6) is 1.83. The molecule has 2 fully saturated rings. The van der Waals surface area contributed by atoms with Crippen molar-refractivity contribution < 1.29 is 4.52 Å². The fourth-order valence-corrected chi connectivity index (χ4v) is 3.50. The van der Waals surface area contributed by atoms with Crippen LogP contribution in [0.1, 0.15) is 56.0 Å². The van der Waals surface area contributed by atoms with Gasteiger partial charge in [-0.3, -0.25) is 0 Å². The van der Waals surface area contributed by atoms with Crippen LogP contribution in [0.2, 0.25) is 0 Å². The Morgan fingerprint density at radius 2 is 2.00 bits per heavy atom. The van der Waals surface area contributed by atoms with Crippen LogP contribution in [0.3, 0.4) is 0 Å². The zero-order chi connectivity index (χ0) is 13.6. The van der Waals surface area contributed by atoms with E-state index in [9.17, 15) is 0 Å². The molecule has 1 atom stereocenters. The SMILES string of the molecule is Cc1ccc(-c2noc([C@H]3CC34CCCCC4)n2)nn1. The van der Waals surface area contributed by atoms with Crippen molar-refractivity contribution in [3.63, 3.8) is 0 Å². The first kappa shape index (κ1) is 12.0. The quantitative estimate of drug-likeness (QED) is 0.838. The first-order valence-electron chi connectivity index (χ1n) is 7.41. The molecule has 0 saturated heterocycles. The van der Waals surface area contributed by atoms with Gasteiger partial charge in [-0.15, -0.1) is 5.10 Å². The van der Waals surface area contributed by atoms with Gasteiger partial charge in [-0.2, -0.15) is 10.1 Å². The Labute approximate surface area is 117 Å². The number of rotatable bonds is 2. The minimum atomic E-state index is 0.473. The maximum Gasteiger partial charge on any atom is 0.230 e. The van der Waals surface area contributed by atoms with Crippen molar-refractivity contribution in [3.8, 4) is 11.5 Å². The van der Waals surface area contributed by atoms with Gasteiger partial charge in [-0.05, 0) is 43.7 Å². The van der Waals surface area contributed by atoms with E-state index >= 15 is 0 Å². The van der Waals surface area contributed by atoms with Gasteiger partial charge in [0.2, 0.25) is 11.7 Å². The topological polar surface area (TPSA) is 64.7 Å². The molecule has 2 aromatic heterocycles. The Morgan fingerprint density at radius 1 is 1.15 bits per heavy atom. The number of hydrogen-bond donors (Lipinski definition) is 0. The van der Waals surface area contributed by atoms with E-state index < -0.39 is 0 Å². The van der Waals surface area contributed by atoms with Crippen LogP contribution in [-0.2, 0) is 0 Å². The number of hydrogen-bond acceptors (Lipinski definition) is 5. The number of nitrogens with zero attached hydrogens (tertiary/aromatic N) is 4. The summed E-state index contributed by atoms with van der Waals surface area (Å²) in [7, 11) is 0. The Hall–Kier alpha value is -1.78. The predicted octanol–water partition coefficient (Wildman–Crippen LogP) is 3.27. The summed E-state index contributed by atoms with van der Waals surface area (Å²) in [6, 6.07) is 3.80. The van der Waals surface area contributed by atoms with Gasteiger partial charge in [0.25, 0.3) is 0 Å². The van der Waals surface area contributed by atoms with E-state index in [4.69, 9.17) is 4.52 Å². The van der Waals surface area contributed by atoms with Crippen LogP contribution in [0.5, 0.6) is 0 Å². The van der Waals surface area contributed by atoms with Crippen molar-refractivity contribution in [1.82, 2.24) is 20.3 Å². The molecule has 5 nitrogen and oxygen atoms in total. The van der Waals surface area contributed by atoms with Crippen LogP contribution in [0.25, 0.3) is 11.5 Å². The Morgan fingerprint density at radius 3 is 2.75 bits per heavy atom. The van der Waals surface area contributed by atoms with Gasteiger partial charge in [0.05, 0.1) is 5.69 Å². The zero-order valence-electron chi connectivity index (χ0n) is 11.7. The summed E-state index contributed by atoms with van der Waals surface area (Å²) < 4.78 is 5.47. The summed E-state index contributed by atoms with van der Waals surface area (Å²) in [5.41, 5.74) is 2.05. The molecule has 0 N–H and O–H groups in total. The van der Waals surface area contributed by atoms with Crippen LogP contribution >= 0.6 is 0 Å². The van der Waals surface area contributed by atoms with Crippen LogP contribution in [-0.4, -0.2) is 20.3 Å². The lowest BCUT2D eigenvalue weighted by Gasteiger charge is -2.21. The molecule has 1 spiro atoms. The maximum atomic E-state index is 5.47. The third-order valence-electron chi connectivity index (χ3n) is 4.81. The lowest BCUT2D eigenvalue weighted by atomic mass is 9.84. The summed E-state index contributed by atoms with van der Waals surface area (Å²) in [6.07, 6.45) is 7.93. The van der Waals surface area contributed by atoms with E-state index in [1.165, 1.54) is 38.5 Å². The molecular formula is C15H18N4O. The van der Waals surface area contributed by atoms with Gasteiger partial charge in [0, 0.05) is 5.92 Å². The third kappa shape index (κ3) is 1.92. The molecule has 2 aliphatic rings. The largest absolute Gasteiger partial charge is 0.339 e. The molecule has 0 bridgehead atoms. The van der Waals surface area contributed by atoms with E-state index in [-0.39, 0.29) is 0 Å². The highest BCUT2D eigenvalue weighted by Gasteiger charge is 2.57. The number of aromatic nitrogens is 4. The molecule has 0 aliphatic heterocycles. The molecular weight excluding hydrogens is 252 g/mol. The van der Waals surface area contributed by atoms with Gasteiger partial charge in [-0.1, -0.05) is 24.4 Å². The van der Waals surface area contributed by atoms with E-state index in [1.807, 2.05) is 19.1 Å². The van der Waals surface area contributed by atoms with E-state index in [2.05, 4.69) is 20.3 Å². The fraction of sp³-hybridized carbons (Fsp3) is 0.600. The van der Waals surface area contributed by atoms with Crippen LogP contribution in [0, 0.1) is 12.3 Å². The summed E-state index contributed by atoms with van der Waals surface area (Å²) >= 11 is 0. The summed E-state index contributed by atoms with van der Waals surface area (Å²) in [6.45, 7) is 1.91. The Balaban J connectivity index is 1.56. The first-order chi connectivity index (χ1) is 9.77. The molecule has 0 aromatic carbocycles. The minimum Gasteiger partial charge on any atom is -0.339 e. The summed E-state index contributed by atoms with van der Waals surface area (Å²) in [5, 5.41) is 12.2. The van der Waals surface area contributed by atoms with E-state index in [0.717, 1.165) is 11.6 Å². The van der Waals surface area contributed by atoms with Crippen molar-refractivity contribution in [2.45, 2.75) is 51.4 Å².